The van der Waals surface area contributed by atoms with E-state index < -0.39 is 0 Å². The summed E-state index contributed by atoms with van der Waals surface area (Å²) in [6.45, 7) is 0. The largest absolute Gasteiger partial charge is 0.506 e. The van der Waals surface area contributed by atoms with Crippen molar-refractivity contribution >= 4 is 51.8 Å². The second-order valence-corrected chi connectivity index (χ2v) is 6.51. The maximum Gasteiger partial charge on any atom is 0.211 e. The molecule has 0 saturated carbocycles. The Kier molecular flexibility index (Phi) is 3.36. The first-order valence-electron chi connectivity index (χ1n) is 6.97. The highest BCUT2D eigenvalue weighted by atomic mass is 35.5. The van der Waals surface area contributed by atoms with E-state index in [0.29, 0.717) is 16.7 Å². The Morgan fingerprint density at radius 2 is 2.17 bits per heavy atom. The number of hydrogen-bond donors (Lipinski definition) is 3. The summed E-state index contributed by atoms with van der Waals surface area (Å²) in [5.74, 6) is 0.634. The lowest BCUT2D eigenvalue weighted by molar-refractivity contribution is 0.475. The Labute approximate surface area is 142 Å². The molecule has 2 heterocycles. The molecule has 0 amide bonds. The van der Waals surface area contributed by atoms with E-state index in [1.165, 1.54) is 18.0 Å². The van der Waals surface area contributed by atoms with Crippen molar-refractivity contribution in [2.24, 2.45) is 12.0 Å². The van der Waals surface area contributed by atoms with E-state index in [0.717, 1.165) is 21.5 Å². The molecule has 0 aliphatic carbocycles. The van der Waals surface area contributed by atoms with Crippen LogP contribution in [0, 0.1) is 0 Å². The number of aliphatic imine (C=N–C) groups is 1. The Balaban J connectivity index is 1.73. The third kappa shape index (κ3) is 2.50. The topological polar surface area (TPSA) is 61.6 Å². The van der Waals surface area contributed by atoms with Crippen LogP contribution in [-0.4, -0.2) is 15.6 Å². The molecule has 1 aromatic heterocycles. The highest BCUT2D eigenvalue weighted by Gasteiger charge is 2.17. The van der Waals surface area contributed by atoms with Gasteiger partial charge in [0.05, 0.1) is 10.6 Å². The van der Waals surface area contributed by atoms with Gasteiger partial charge in [-0.15, -0.1) is 0 Å². The number of rotatable bonds is 1. The van der Waals surface area contributed by atoms with Gasteiger partial charge in [-0.25, -0.2) is 4.99 Å². The van der Waals surface area contributed by atoms with Crippen LogP contribution in [0.5, 0.6) is 5.75 Å². The van der Waals surface area contributed by atoms with Gasteiger partial charge in [0.2, 0.25) is 5.96 Å². The number of fused-ring (bicyclic) bond motifs is 2. The lowest BCUT2D eigenvalue weighted by Gasteiger charge is -2.19. The molecule has 1 aliphatic heterocycles. The average molecular weight is 345 g/mol. The molecule has 116 valence electrons. The standard InChI is InChI=1S/C16H13ClN4OS/c1-21-6-5-10-11(3-2-4-12(10)21)18-16-19-15-13(22)7-9(17)8-14(15)23-20-16/h2-8,22H,1H3,(H2,18,19,20). The fourth-order valence-corrected chi connectivity index (χ4v) is 3.59. The molecule has 3 aromatic rings. The van der Waals surface area contributed by atoms with Gasteiger partial charge in [0.25, 0.3) is 0 Å². The molecule has 3 N–H and O–H groups in total. The molecule has 0 fully saturated rings. The van der Waals surface area contributed by atoms with Crippen molar-refractivity contribution in [2.45, 2.75) is 4.90 Å². The molecular formula is C16H13ClN4OS. The number of phenols is 1. The molecule has 5 nitrogen and oxygen atoms in total. The lowest BCUT2D eigenvalue weighted by atomic mass is 10.2. The summed E-state index contributed by atoms with van der Waals surface area (Å²) in [4.78, 5) is 5.24. The third-order valence-electron chi connectivity index (χ3n) is 3.68. The van der Waals surface area contributed by atoms with Crippen molar-refractivity contribution in [2.75, 3.05) is 5.32 Å². The second-order valence-electron chi connectivity index (χ2n) is 5.23. The molecule has 2 aromatic carbocycles. The van der Waals surface area contributed by atoms with Crippen LogP contribution in [0.3, 0.4) is 0 Å². The molecular weight excluding hydrogens is 332 g/mol. The van der Waals surface area contributed by atoms with Crippen molar-refractivity contribution in [3.05, 3.63) is 47.6 Å². The number of aryl methyl sites for hydroxylation is 1. The summed E-state index contributed by atoms with van der Waals surface area (Å²) < 4.78 is 5.19. The second kappa shape index (κ2) is 5.40. The molecule has 7 heteroatoms. The number of benzene rings is 2. The van der Waals surface area contributed by atoms with Gasteiger partial charge in [-0.2, -0.15) is 0 Å². The Morgan fingerprint density at radius 1 is 1.30 bits per heavy atom. The minimum atomic E-state index is 0.0683. The van der Waals surface area contributed by atoms with Crippen LogP contribution in [-0.2, 0) is 7.05 Å². The normalized spacial score (nSPS) is 13.4. The van der Waals surface area contributed by atoms with Crippen LogP contribution in [0.2, 0.25) is 5.02 Å². The molecule has 23 heavy (non-hydrogen) atoms. The van der Waals surface area contributed by atoms with Gasteiger partial charge in [0.15, 0.2) is 0 Å². The molecule has 0 atom stereocenters. The van der Waals surface area contributed by atoms with E-state index in [2.05, 4.69) is 31.7 Å². The Morgan fingerprint density at radius 3 is 3.04 bits per heavy atom. The number of hydrogen-bond acceptors (Lipinski definition) is 5. The maximum atomic E-state index is 10.0. The smallest absolute Gasteiger partial charge is 0.211 e. The van der Waals surface area contributed by atoms with E-state index >= 15 is 0 Å². The first-order chi connectivity index (χ1) is 11.1. The lowest BCUT2D eigenvalue weighted by Crippen LogP contribution is -2.26. The van der Waals surface area contributed by atoms with Crippen LogP contribution in [0.4, 0.5) is 11.4 Å². The number of aromatic nitrogens is 1. The first kappa shape index (κ1) is 14.3. The summed E-state index contributed by atoms with van der Waals surface area (Å²) in [6.07, 6.45) is 2.02. The zero-order valence-corrected chi connectivity index (χ0v) is 13.7. The zero-order valence-electron chi connectivity index (χ0n) is 12.2. The van der Waals surface area contributed by atoms with Crippen molar-refractivity contribution in [1.29, 1.82) is 0 Å². The summed E-state index contributed by atoms with van der Waals surface area (Å²) in [5.41, 5.74) is 2.60. The highest BCUT2D eigenvalue weighted by molar-refractivity contribution is 7.98. The Hall–Kier alpha value is -2.31. The zero-order chi connectivity index (χ0) is 16.0. The van der Waals surface area contributed by atoms with Crippen LogP contribution in [0.15, 0.2) is 52.5 Å². The number of aromatic hydroxyl groups is 1. The van der Waals surface area contributed by atoms with E-state index in [9.17, 15) is 5.11 Å². The summed E-state index contributed by atoms with van der Waals surface area (Å²) >= 11 is 7.31. The van der Waals surface area contributed by atoms with Gasteiger partial charge in [-0.05, 0) is 36.2 Å². The van der Waals surface area contributed by atoms with Crippen LogP contribution in [0.25, 0.3) is 10.9 Å². The molecule has 1 aliphatic rings. The minimum Gasteiger partial charge on any atom is -0.506 e. The van der Waals surface area contributed by atoms with Gasteiger partial charge in [-0.1, -0.05) is 17.7 Å². The quantitative estimate of drug-likeness (QED) is 0.578. The number of nitrogens with one attached hydrogen (secondary N) is 2. The summed E-state index contributed by atoms with van der Waals surface area (Å²) in [7, 11) is 2.01. The fourth-order valence-electron chi connectivity index (χ4n) is 2.58. The molecule has 0 saturated heterocycles. The maximum absolute atomic E-state index is 10.0. The number of nitrogens with zero attached hydrogens (tertiary/aromatic N) is 2. The minimum absolute atomic E-state index is 0.0683. The van der Waals surface area contributed by atoms with Gasteiger partial charge < -0.3 is 15.0 Å². The number of halogens is 1. The molecule has 4 rings (SSSR count). The molecule has 0 radical (unpaired) electrons. The molecule has 0 bridgehead atoms. The fraction of sp³-hybridized carbons (Fsp3) is 0.0625. The SMILES string of the molecule is Cn1ccc2c(NC3=Nc4c(O)cc(Cl)cc4SN3)cccc21. The third-order valence-corrected chi connectivity index (χ3v) is 4.73. The summed E-state index contributed by atoms with van der Waals surface area (Å²) in [6, 6.07) is 11.4. The van der Waals surface area contributed by atoms with Crippen molar-refractivity contribution < 1.29 is 5.11 Å². The van der Waals surface area contributed by atoms with Gasteiger partial charge in [-0.3, -0.25) is 4.72 Å². The van der Waals surface area contributed by atoms with E-state index in [4.69, 9.17) is 11.6 Å². The number of guanidine groups is 1. The Bertz CT molecular complexity index is 951. The van der Waals surface area contributed by atoms with Crippen molar-refractivity contribution in [3.63, 3.8) is 0 Å². The predicted molar refractivity (Wildman–Crippen MR) is 95.7 cm³/mol. The monoisotopic (exact) mass is 344 g/mol. The van der Waals surface area contributed by atoms with Gasteiger partial charge in [0, 0.05) is 35.2 Å². The van der Waals surface area contributed by atoms with Gasteiger partial charge >= 0.3 is 0 Å². The van der Waals surface area contributed by atoms with E-state index in [1.807, 2.05) is 25.4 Å². The average Bonchev–Trinajstić information content (AvgIpc) is 2.91. The molecule has 0 spiro atoms. The van der Waals surface area contributed by atoms with Crippen LogP contribution in [0.1, 0.15) is 0 Å². The number of phenolic OH excluding ortho intramolecular Hbond substituents is 1. The highest BCUT2D eigenvalue weighted by Crippen LogP contribution is 2.41. The number of anilines is 1. The van der Waals surface area contributed by atoms with Gasteiger partial charge in [0.1, 0.15) is 11.4 Å². The summed E-state index contributed by atoms with van der Waals surface area (Å²) in [5, 5.41) is 14.9. The predicted octanol–water partition coefficient (Wildman–Crippen LogP) is 4.25. The van der Waals surface area contributed by atoms with Crippen LogP contribution < -0.4 is 10.0 Å². The van der Waals surface area contributed by atoms with Crippen molar-refractivity contribution in [3.8, 4) is 5.75 Å². The van der Waals surface area contributed by atoms with E-state index in [-0.39, 0.29) is 5.75 Å². The first-order valence-corrected chi connectivity index (χ1v) is 8.16. The van der Waals surface area contributed by atoms with E-state index in [1.54, 1.807) is 6.07 Å². The molecule has 0 unspecified atom stereocenters. The van der Waals surface area contributed by atoms with Crippen LogP contribution >= 0.6 is 23.5 Å². The van der Waals surface area contributed by atoms with Crippen molar-refractivity contribution in [1.82, 2.24) is 9.29 Å².